The zero-order valence-corrected chi connectivity index (χ0v) is 14.4. The van der Waals surface area contributed by atoms with Gasteiger partial charge in [0.05, 0.1) is 12.8 Å². The first-order chi connectivity index (χ1) is 10.2. The summed E-state index contributed by atoms with van der Waals surface area (Å²) in [5.41, 5.74) is 1.02. The highest BCUT2D eigenvalue weighted by atomic mass is 16.6. The van der Waals surface area contributed by atoms with Gasteiger partial charge in [-0.2, -0.15) is 0 Å². The SMILES string of the molecule is CCCC(C)Nc1ccc(NC(=O)OC(C)(C)C)c(OC)c1. The van der Waals surface area contributed by atoms with Crippen molar-refractivity contribution in [1.82, 2.24) is 0 Å². The molecule has 0 heterocycles. The van der Waals surface area contributed by atoms with Gasteiger partial charge in [0.15, 0.2) is 0 Å². The molecule has 0 aliphatic heterocycles. The number of carbonyl (C=O) groups excluding carboxylic acids is 1. The van der Waals surface area contributed by atoms with Gasteiger partial charge in [-0.05, 0) is 46.2 Å². The molecule has 1 unspecified atom stereocenters. The Morgan fingerprint density at radius 1 is 1.32 bits per heavy atom. The average molecular weight is 308 g/mol. The first kappa shape index (κ1) is 18.1. The molecule has 5 heteroatoms. The highest BCUT2D eigenvalue weighted by molar-refractivity contribution is 5.87. The summed E-state index contributed by atoms with van der Waals surface area (Å²) in [6.45, 7) is 9.78. The Morgan fingerprint density at radius 3 is 2.55 bits per heavy atom. The van der Waals surface area contributed by atoms with Crippen molar-refractivity contribution in [2.45, 2.75) is 59.1 Å². The molecule has 0 aliphatic rings. The van der Waals surface area contributed by atoms with Crippen LogP contribution in [0.25, 0.3) is 0 Å². The molecule has 0 spiro atoms. The van der Waals surface area contributed by atoms with Gasteiger partial charge >= 0.3 is 6.09 Å². The molecule has 22 heavy (non-hydrogen) atoms. The lowest BCUT2D eigenvalue weighted by Crippen LogP contribution is -2.27. The van der Waals surface area contributed by atoms with Crippen molar-refractivity contribution in [1.29, 1.82) is 0 Å². The highest BCUT2D eigenvalue weighted by Gasteiger charge is 2.17. The average Bonchev–Trinajstić information content (AvgIpc) is 2.38. The van der Waals surface area contributed by atoms with Gasteiger partial charge in [-0.1, -0.05) is 13.3 Å². The van der Waals surface area contributed by atoms with E-state index < -0.39 is 11.7 Å². The van der Waals surface area contributed by atoms with Gasteiger partial charge < -0.3 is 14.8 Å². The molecule has 0 aliphatic carbocycles. The molecular formula is C17H28N2O3. The predicted molar refractivity (Wildman–Crippen MR) is 90.8 cm³/mol. The fraction of sp³-hybridized carbons (Fsp3) is 0.588. The lowest BCUT2D eigenvalue weighted by Gasteiger charge is -2.21. The molecule has 124 valence electrons. The van der Waals surface area contributed by atoms with Crippen LogP contribution in [0.15, 0.2) is 18.2 Å². The molecule has 1 atom stereocenters. The van der Waals surface area contributed by atoms with Gasteiger partial charge in [0, 0.05) is 17.8 Å². The molecule has 1 rings (SSSR count). The molecule has 0 radical (unpaired) electrons. The minimum Gasteiger partial charge on any atom is -0.494 e. The summed E-state index contributed by atoms with van der Waals surface area (Å²) >= 11 is 0. The van der Waals surface area contributed by atoms with E-state index in [4.69, 9.17) is 9.47 Å². The van der Waals surface area contributed by atoms with Crippen LogP contribution in [-0.2, 0) is 4.74 Å². The predicted octanol–water partition coefficient (Wildman–Crippen LogP) is 4.64. The van der Waals surface area contributed by atoms with Gasteiger partial charge in [0.2, 0.25) is 0 Å². The van der Waals surface area contributed by atoms with Crippen LogP contribution in [-0.4, -0.2) is 24.8 Å². The summed E-state index contributed by atoms with van der Waals surface area (Å²) < 4.78 is 10.6. The maximum Gasteiger partial charge on any atom is 0.412 e. The van der Waals surface area contributed by atoms with Crippen molar-refractivity contribution in [2.24, 2.45) is 0 Å². The number of hydrogen-bond donors (Lipinski definition) is 2. The second-order valence-corrected chi connectivity index (χ2v) is 6.38. The lowest BCUT2D eigenvalue weighted by molar-refractivity contribution is 0.0635. The molecule has 0 fully saturated rings. The van der Waals surface area contributed by atoms with Crippen LogP contribution in [0.3, 0.4) is 0 Å². The highest BCUT2D eigenvalue weighted by Crippen LogP contribution is 2.29. The number of ether oxygens (including phenoxy) is 2. The third-order valence-electron chi connectivity index (χ3n) is 2.97. The fourth-order valence-corrected chi connectivity index (χ4v) is 2.09. The normalized spacial score (nSPS) is 12.5. The smallest absolute Gasteiger partial charge is 0.412 e. The minimum absolute atomic E-state index is 0.388. The van der Waals surface area contributed by atoms with Crippen molar-refractivity contribution in [3.8, 4) is 5.75 Å². The number of methoxy groups -OCH3 is 1. The number of carbonyl (C=O) groups is 1. The largest absolute Gasteiger partial charge is 0.494 e. The Labute approximate surface area is 133 Å². The van der Waals surface area contributed by atoms with E-state index in [0.29, 0.717) is 17.5 Å². The fourth-order valence-electron chi connectivity index (χ4n) is 2.09. The molecule has 0 saturated heterocycles. The van der Waals surface area contributed by atoms with Gasteiger partial charge in [-0.25, -0.2) is 4.79 Å². The number of rotatable bonds is 6. The molecular weight excluding hydrogens is 280 g/mol. The van der Waals surface area contributed by atoms with E-state index in [1.165, 1.54) is 0 Å². The molecule has 0 saturated carbocycles. The van der Waals surface area contributed by atoms with E-state index >= 15 is 0 Å². The van der Waals surface area contributed by atoms with Crippen molar-refractivity contribution < 1.29 is 14.3 Å². The first-order valence-electron chi connectivity index (χ1n) is 7.69. The van der Waals surface area contributed by atoms with Crippen LogP contribution in [0.4, 0.5) is 16.2 Å². The number of hydrogen-bond acceptors (Lipinski definition) is 4. The molecule has 1 aromatic rings. The topological polar surface area (TPSA) is 59.6 Å². The van der Waals surface area contributed by atoms with Crippen LogP contribution >= 0.6 is 0 Å². The maximum absolute atomic E-state index is 11.8. The van der Waals surface area contributed by atoms with Gasteiger partial charge in [0.25, 0.3) is 0 Å². The summed E-state index contributed by atoms with van der Waals surface area (Å²) in [5.74, 6) is 0.597. The summed E-state index contributed by atoms with van der Waals surface area (Å²) in [5, 5.41) is 6.12. The van der Waals surface area contributed by atoms with E-state index in [2.05, 4.69) is 24.5 Å². The van der Waals surface area contributed by atoms with Crippen LogP contribution < -0.4 is 15.4 Å². The van der Waals surface area contributed by atoms with E-state index in [-0.39, 0.29) is 0 Å². The number of amides is 1. The standard InChI is InChI=1S/C17H28N2O3/c1-7-8-12(2)18-13-9-10-14(15(11-13)21-6)19-16(20)22-17(3,4)5/h9-12,18H,7-8H2,1-6H3,(H,19,20). The number of benzene rings is 1. The Morgan fingerprint density at radius 2 is 2.00 bits per heavy atom. The van der Waals surface area contributed by atoms with Crippen LogP contribution in [0.2, 0.25) is 0 Å². The summed E-state index contributed by atoms with van der Waals surface area (Å²) in [4.78, 5) is 11.8. The Balaban J connectivity index is 2.78. The molecule has 1 aromatic carbocycles. The maximum atomic E-state index is 11.8. The number of anilines is 2. The third kappa shape index (κ3) is 6.24. The quantitative estimate of drug-likeness (QED) is 0.803. The first-order valence-corrected chi connectivity index (χ1v) is 7.69. The van der Waals surface area contributed by atoms with Crippen molar-refractivity contribution in [3.63, 3.8) is 0 Å². The summed E-state index contributed by atoms with van der Waals surface area (Å²) in [7, 11) is 1.58. The molecule has 5 nitrogen and oxygen atoms in total. The Bertz CT molecular complexity index is 495. The van der Waals surface area contributed by atoms with E-state index in [9.17, 15) is 4.79 Å². The third-order valence-corrected chi connectivity index (χ3v) is 2.97. The van der Waals surface area contributed by atoms with Crippen LogP contribution in [0.5, 0.6) is 5.75 Å². The Hall–Kier alpha value is -1.91. The molecule has 0 aromatic heterocycles. The second-order valence-electron chi connectivity index (χ2n) is 6.38. The molecule has 2 N–H and O–H groups in total. The van der Waals surface area contributed by atoms with E-state index in [1.807, 2.05) is 39.0 Å². The van der Waals surface area contributed by atoms with E-state index in [1.54, 1.807) is 7.11 Å². The zero-order valence-electron chi connectivity index (χ0n) is 14.4. The van der Waals surface area contributed by atoms with Crippen LogP contribution in [0, 0.1) is 0 Å². The van der Waals surface area contributed by atoms with Gasteiger partial charge in [-0.15, -0.1) is 0 Å². The van der Waals surface area contributed by atoms with Crippen molar-refractivity contribution >= 4 is 17.5 Å². The van der Waals surface area contributed by atoms with Crippen molar-refractivity contribution in [3.05, 3.63) is 18.2 Å². The van der Waals surface area contributed by atoms with Crippen LogP contribution in [0.1, 0.15) is 47.5 Å². The minimum atomic E-state index is -0.533. The van der Waals surface area contributed by atoms with Gasteiger partial charge in [-0.3, -0.25) is 5.32 Å². The monoisotopic (exact) mass is 308 g/mol. The lowest BCUT2D eigenvalue weighted by atomic mass is 10.1. The molecule has 1 amide bonds. The second kappa shape index (κ2) is 7.92. The Kier molecular flexibility index (Phi) is 6.53. The van der Waals surface area contributed by atoms with E-state index in [0.717, 1.165) is 18.5 Å². The zero-order chi connectivity index (χ0) is 16.8. The molecule has 0 bridgehead atoms. The number of nitrogens with one attached hydrogen (secondary N) is 2. The van der Waals surface area contributed by atoms with Crippen molar-refractivity contribution in [2.75, 3.05) is 17.7 Å². The summed E-state index contributed by atoms with van der Waals surface area (Å²) in [6, 6.07) is 5.99. The summed E-state index contributed by atoms with van der Waals surface area (Å²) in [6.07, 6.45) is 1.73. The van der Waals surface area contributed by atoms with Gasteiger partial charge in [0.1, 0.15) is 11.4 Å².